The molecule has 2 aliphatic heterocycles. The van der Waals surface area contributed by atoms with Gasteiger partial charge < -0.3 is 18.3 Å². The van der Waals surface area contributed by atoms with Crippen LogP contribution >= 0.6 is 0 Å². The third-order valence-corrected chi connectivity index (χ3v) is 17.8. The zero-order valence-electron chi connectivity index (χ0n) is 45.7. The lowest BCUT2D eigenvalue weighted by Crippen LogP contribution is -2.30. The van der Waals surface area contributed by atoms with Crippen molar-refractivity contribution in [2.75, 3.05) is 9.80 Å². The van der Waals surface area contributed by atoms with Gasteiger partial charge in [-0.2, -0.15) is 0 Å². The number of benzene rings is 12. The second-order valence-electron chi connectivity index (χ2n) is 22.2. The van der Waals surface area contributed by atoms with Crippen molar-refractivity contribution in [1.29, 1.82) is 0 Å². The van der Waals surface area contributed by atoms with Gasteiger partial charge in [0.25, 0.3) is 23.6 Å². The minimum atomic E-state index is -0.459. The van der Waals surface area contributed by atoms with Gasteiger partial charge in [-0.05, 0) is 108 Å². The maximum Gasteiger partial charge on any atom is 0.268 e. The number of hydrogen-bond donors (Lipinski definition) is 0. The molecule has 402 valence electrons. The van der Waals surface area contributed by atoms with E-state index in [4.69, 9.17) is 0 Å². The SMILES string of the molecule is O=C1c2c(-n3c4ccccc4c4ccccc43)ccc(-n3c4ccccc4c4ccccc43)c2C(=O)N1c1cccc(-c2cccc(N3C(=O)c4c(-n5c6ccccc6c6ccccc65)ccc(-n5c6ccccc6c6ccccc65)c4C3=O)c2)c1. The highest BCUT2D eigenvalue weighted by Crippen LogP contribution is 2.46. The first kappa shape index (κ1) is 47.7. The van der Waals surface area contributed by atoms with Crippen molar-refractivity contribution in [3.8, 4) is 33.9 Å². The first-order chi connectivity index (χ1) is 42.4. The molecule has 0 spiro atoms. The summed E-state index contributed by atoms with van der Waals surface area (Å²) in [5.41, 5.74) is 12.9. The summed E-state index contributed by atoms with van der Waals surface area (Å²) in [5, 5.41) is 8.22. The quantitative estimate of drug-likeness (QED) is 0.149. The summed E-state index contributed by atoms with van der Waals surface area (Å²) in [7, 11) is 0. The highest BCUT2D eigenvalue weighted by atomic mass is 16.2. The second kappa shape index (κ2) is 17.8. The monoisotopic (exact) mass is 1100 g/mol. The molecule has 10 nitrogen and oxygen atoms in total. The van der Waals surface area contributed by atoms with Crippen molar-refractivity contribution in [3.05, 3.63) is 289 Å². The van der Waals surface area contributed by atoms with E-state index < -0.39 is 23.6 Å². The van der Waals surface area contributed by atoms with E-state index in [1.165, 1.54) is 9.80 Å². The number of hydrogen-bond acceptors (Lipinski definition) is 4. The van der Waals surface area contributed by atoms with E-state index in [9.17, 15) is 0 Å². The molecule has 0 bridgehead atoms. The Morgan fingerprint density at radius 2 is 0.395 bits per heavy atom. The van der Waals surface area contributed by atoms with Crippen LogP contribution in [0.5, 0.6) is 0 Å². The van der Waals surface area contributed by atoms with Crippen molar-refractivity contribution in [2.24, 2.45) is 0 Å². The number of anilines is 2. The summed E-state index contributed by atoms with van der Waals surface area (Å²) in [6.45, 7) is 0. The lowest BCUT2D eigenvalue weighted by molar-refractivity contribution is 0.0910. The summed E-state index contributed by atoms with van der Waals surface area (Å²) in [5.74, 6) is -1.84. The first-order valence-corrected chi connectivity index (χ1v) is 28.7. The van der Waals surface area contributed by atoms with Crippen LogP contribution in [0, 0.1) is 0 Å². The summed E-state index contributed by atoms with van der Waals surface area (Å²) in [4.78, 5) is 65.8. The topological polar surface area (TPSA) is 94.5 Å². The number of nitrogens with zero attached hydrogens (tertiary/aromatic N) is 6. The van der Waals surface area contributed by atoms with Gasteiger partial charge in [-0.25, -0.2) is 9.80 Å². The fourth-order valence-corrected chi connectivity index (χ4v) is 14.3. The van der Waals surface area contributed by atoms with Gasteiger partial charge in [0.1, 0.15) is 0 Å². The van der Waals surface area contributed by atoms with Crippen molar-refractivity contribution in [1.82, 2.24) is 18.3 Å². The van der Waals surface area contributed by atoms with Crippen LogP contribution in [0.3, 0.4) is 0 Å². The molecule has 10 heteroatoms. The van der Waals surface area contributed by atoms with E-state index in [0.717, 1.165) is 87.2 Å². The number of aromatic nitrogens is 4. The number of para-hydroxylation sites is 8. The molecule has 0 unspecified atom stereocenters. The number of amides is 4. The number of carbonyl (C=O) groups is 4. The van der Waals surface area contributed by atoms with E-state index in [1.54, 1.807) is 12.1 Å². The normalized spacial score (nSPS) is 13.4. The molecule has 86 heavy (non-hydrogen) atoms. The minimum absolute atomic E-state index is 0.291. The van der Waals surface area contributed by atoms with Crippen molar-refractivity contribution in [3.63, 3.8) is 0 Å². The average Bonchev–Trinajstić information content (AvgIpc) is 1.62. The second-order valence-corrected chi connectivity index (χ2v) is 22.2. The van der Waals surface area contributed by atoms with Crippen LogP contribution < -0.4 is 9.80 Å². The zero-order valence-corrected chi connectivity index (χ0v) is 45.7. The maximum atomic E-state index is 15.8. The van der Waals surface area contributed by atoms with Crippen LogP contribution in [0.25, 0.3) is 121 Å². The molecule has 0 fully saturated rings. The summed E-state index contributed by atoms with van der Waals surface area (Å²) < 4.78 is 8.42. The first-order valence-electron chi connectivity index (χ1n) is 28.7. The van der Waals surface area contributed by atoms with Gasteiger partial charge in [0, 0.05) is 43.1 Å². The molecule has 4 amide bonds. The molecule has 0 atom stereocenters. The molecule has 2 aliphatic rings. The number of rotatable bonds is 7. The molecule has 16 aromatic rings. The average molecular weight is 1110 g/mol. The van der Waals surface area contributed by atoms with Gasteiger partial charge >= 0.3 is 0 Å². The van der Waals surface area contributed by atoms with Crippen LogP contribution in [0.2, 0.25) is 0 Å². The van der Waals surface area contributed by atoms with Gasteiger partial charge in [0.2, 0.25) is 0 Å². The van der Waals surface area contributed by atoms with E-state index in [0.29, 0.717) is 67.5 Å². The largest absolute Gasteiger partial charge is 0.308 e. The molecule has 0 N–H and O–H groups in total. The third-order valence-electron chi connectivity index (χ3n) is 17.8. The Labute approximate surface area is 490 Å². The van der Waals surface area contributed by atoms with Crippen LogP contribution in [-0.4, -0.2) is 41.9 Å². The maximum absolute atomic E-state index is 15.8. The predicted molar refractivity (Wildman–Crippen MR) is 344 cm³/mol. The molecule has 6 heterocycles. The standard InChI is InChI=1S/C76H44N6O4/c83-73-69-65(79-57-31-9-1-23-49(57)50-24-2-10-32-58(50)79)39-40-66(80-59-33-11-3-25-51(59)52-26-4-12-34-60(52)80)70(69)74(84)77(73)47-21-17-19-45(43-47)46-20-18-22-48(44-46)78-75(85)71-67(81-61-35-13-5-27-53(61)54-28-6-14-36-62(54)81)41-42-68(72(71)76(78)86)82-63-37-15-7-29-55(63)56-30-8-16-38-64(56)82/h1-44H. The van der Waals surface area contributed by atoms with Crippen LogP contribution in [-0.2, 0) is 0 Å². The number of imide groups is 2. The Morgan fingerprint density at radius 1 is 0.198 bits per heavy atom. The molecule has 12 aromatic carbocycles. The Bertz CT molecular complexity index is 4860. The molecule has 0 aliphatic carbocycles. The molecule has 0 saturated carbocycles. The minimum Gasteiger partial charge on any atom is -0.308 e. The summed E-state index contributed by atoms with van der Waals surface area (Å²) in [6.07, 6.45) is 0. The smallest absolute Gasteiger partial charge is 0.268 e. The highest BCUT2D eigenvalue weighted by molar-refractivity contribution is 6.38. The number of carbonyl (C=O) groups excluding carboxylic acids is 4. The van der Waals surface area contributed by atoms with E-state index in [-0.39, 0.29) is 0 Å². The van der Waals surface area contributed by atoms with E-state index in [1.807, 2.05) is 158 Å². The number of fused-ring (bicyclic) bond motifs is 14. The lowest BCUT2D eigenvalue weighted by atomic mass is 10.0. The molecule has 4 aromatic heterocycles. The van der Waals surface area contributed by atoms with Crippen molar-refractivity contribution < 1.29 is 19.2 Å². The molecular formula is C76H44N6O4. The van der Waals surface area contributed by atoms with Gasteiger partial charge in [0.05, 0.1) is 101 Å². The molecule has 0 radical (unpaired) electrons. The van der Waals surface area contributed by atoms with E-state index in [2.05, 4.69) is 115 Å². The van der Waals surface area contributed by atoms with Crippen molar-refractivity contribution in [2.45, 2.75) is 0 Å². The molecular weight excluding hydrogens is 1060 g/mol. The fourth-order valence-electron chi connectivity index (χ4n) is 14.3. The van der Waals surface area contributed by atoms with Crippen molar-refractivity contribution >= 4 is 122 Å². The van der Waals surface area contributed by atoms with Gasteiger partial charge in [-0.1, -0.05) is 170 Å². The van der Waals surface area contributed by atoms with E-state index >= 15 is 19.2 Å². The van der Waals surface area contributed by atoms with Gasteiger partial charge in [-0.15, -0.1) is 0 Å². The van der Waals surface area contributed by atoms with Crippen LogP contribution in [0.15, 0.2) is 267 Å². The fraction of sp³-hybridized carbons (Fsp3) is 0. The zero-order chi connectivity index (χ0) is 57.1. The summed E-state index contributed by atoms with van der Waals surface area (Å²) >= 11 is 0. The van der Waals surface area contributed by atoms with Crippen LogP contribution in [0.4, 0.5) is 11.4 Å². The lowest BCUT2D eigenvalue weighted by Gasteiger charge is -2.18. The molecule has 18 rings (SSSR count). The Kier molecular flexibility index (Phi) is 9.89. The predicted octanol–water partition coefficient (Wildman–Crippen LogP) is 17.3. The van der Waals surface area contributed by atoms with Gasteiger partial charge in [0.15, 0.2) is 0 Å². The Morgan fingerprint density at radius 3 is 0.605 bits per heavy atom. The van der Waals surface area contributed by atoms with Gasteiger partial charge in [-0.3, -0.25) is 19.2 Å². The highest BCUT2D eigenvalue weighted by Gasteiger charge is 2.44. The Hall–Kier alpha value is -11.9. The third kappa shape index (κ3) is 6.43. The van der Waals surface area contributed by atoms with Crippen LogP contribution in [0.1, 0.15) is 41.4 Å². The summed E-state index contributed by atoms with van der Waals surface area (Å²) in [6, 6.07) is 87.8. The Balaban J connectivity index is 0.788. The molecule has 0 saturated heterocycles.